The molecule has 1 saturated heterocycles. The van der Waals surface area contributed by atoms with Crippen LogP contribution in [0.15, 0.2) is 40.9 Å². The van der Waals surface area contributed by atoms with Gasteiger partial charge in [-0.25, -0.2) is 14.0 Å². The second-order valence-electron chi connectivity index (χ2n) is 19.3. The van der Waals surface area contributed by atoms with Crippen LogP contribution in [0.25, 0.3) is 10.9 Å². The quantitative estimate of drug-likeness (QED) is 0.166. The number of carbonyl (C=O) groups excluding carboxylic acids is 5. The van der Waals surface area contributed by atoms with Crippen molar-refractivity contribution in [3.63, 3.8) is 0 Å². The lowest BCUT2D eigenvalue weighted by molar-refractivity contribution is -0.178. The zero-order valence-corrected chi connectivity index (χ0v) is 37.5. The summed E-state index contributed by atoms with van der Waals surface area (Å²) < 4.78 is 39.4. The molecule has 1 amide bonds. The maximum atomic E-state index is 16.4. The topological polar surface area (TPSA) is 255 Å². The summed E-state index contributed by atoms with van der Waals surface area (Å²) in [5, 5.41) is 32.7. The average molecular weight is 921 g/mol. The van der Waals surface area contributed by atoms with E-state index >= 15 is 4.39 Å². The minimum Gasteiger partial charge on any atom is -0.492 e. The summed E-state index contributed by atoms with van der Waals surface area (Å²) in [5.41, 5.74) is 1.90. The summed E-state index contributed by atoms with van der Waals surface area (Å²) in [4.78, 5) is 93.0. The van der Waals surface area contributed by atoms with E-state index in [1.165, 1.54) is 18.2 Å². The molecule has 2 aromatic rings. The Morgan fingerprint density at radius 1 is 1.05 bits per heavy atom. The highest BCUT2D eigenvalue weighted by molar-refractivity contribution is 6.01. The maximum absolute atomic E-state index is 16.4. The number of aliphatic hydroxyl groups excluding tert-OH is 1. The van der Waals surface area contributed by atoms with Gasteiger partial charge >= 0.3 is 24.0 Å². The number of nitrogens with two attached hydrogens (primary N) is 1. The zero-order chi connectivity index (χ0) is 47.6. The van der Waals surface area contributed by atoms with Crippen molar-refractivity contribution in [2.45, 2.75) is 108 Å². The number of rotatable bonds is 13. The van der Waals surface area contributed by atoms with Crippen molar-refractivity contribution in [3.8, 4) is 5.75 Å². The molecule has 66 heavy (non-hydrogen) atoms. The molecular weight excluding hydrogens is 864 g/mol. The molecule has 356 valence electrons. The van der Waals surface area contributed by atoms with Crippen LogP contribution in [-0.2, 0) is 33.4 Å². The fourth-order valence-electron chi connectivity index (χ4n) is 12.0. The predicted octanol–water partition coefficient (Wildman–Crippen LogP) is 3.56. The number of pyridine rings is 1. The monoisotopic (exact) mass is 920 g/mol. The largest absolute Gasteiger partial charge is 0.492 e. The van der Waals surface area contributed by atoms with E-state index < -0.39 is 94.6 Å². The van der Waals surface area contributed by atoms with Gasteiger partial charge in [0.25, 0.3) is 0 Å². The number of anilines is 1. The molecule has 1 aromatic heterocycles. The Morgan fingerprint density at radius 3 is 2.47 bits per heavy atom. The van der Waals surface area contributed by atoms with E-state index in [0.29, 0.717) is 32.1 Å². The molecule has 0 bridgehead atoms. The Hall–Kier alpha value is -5.66. The van der Waals surface area contributed by atoms with Crippen molar-refractivity contribution < 1.29 is 67.4 Å². The van der Waals surface area contributed by atoms with Gasteiger partial charge in [0.15, 0.2) is 24.0 Å². The van der Waals surface area contributed by atoms with E-state index in [1.807, 2.05) is 19.9 Å². The SMILES string of the molecule is COc1c(N2CCN(C(=O)OCOC(=O)CCC(N)C(=O)O)C(C)C2)c(F)cc2c(=O)c(C(=O)OCC(=O)[C@]3(O)CC[C@@H]4[C@H]5CCC6=CC(=O)C=C[C@@]6(C)[C@@H]5[C@H](O)C[C@]43C)cn(C3CC3)c12. The highest BCUT2D eigenvalue weighted by atomic mass is 19.1. The minimum atomic E-state index is -1.93. The molecule has 9 atom stereocenters. The second kappa shape index (κ2) is 17.5. The number of aliphatic carboxylic acids is 1. The third-order valence-corrected chi connectivity index (χ3v) is 15.6. The number of esters is 2. The summed E-state index contributed by atoms with van der Waals surface area (Å²) in [6.07, 6.45) is 7.79. The van der Waals surface area contributed by atoms with Gasteiger partial charge in [0.05, 0.1) is 24.1 Å². The molecule has 5 aliphatic carbocycles. The van der Waals surface area contributed by atoms with Crippen LogP contribution in [0.2, 0.25) is 0 Å². The van der Waals surface area contributed by atoms with Crippen LogP contribution < -0.4 is 20.8 Å². The number of hydrogen-bond donors (Lipinski definition) is 4. The number of halogens is 1. The van der Waals surface area contributed by atoms with Gasteiger partial charge in [-0.15, -0.1) is 0 Å². The lowest BCUT2D eigenvalue weighted by atomic mass is 9.46. The van der Waals surface area contributed by atoms with Crippen LogP contribution in [0.4, 0.5) is 14.9 Å². The lowest BCUT2D eigenvalue weighted by Gasteiger charge is -2.59. The number of hydrogen-bond acceptors (Lipinski definition) is 15. The highest BCUT2D eigenvalue weighted by Crippen LogP contribution is 2.67. The molecule has 19 heteroatoms. The number of Topliss-reactive ketones (excluding diaryl/α,β-unsaturated/α-hetero) is 1. The van der Waals surface area contributed by atoms with Crippen molar-refractivity contribution in [2.75, 3.05) is 45.0 Å². The average Bonchev–Trinajstić information content (AvgIpc) is 4.08. The number of aromatic nitrogens is 1. The summed E-state index contributed by atoms with van der Waals surface area (Å²) >= 11 is 0. The van der Waals surface area contributed by atoms with Gasteiger partial charge in [-0.1, -0.05) is 25.5 Å². The number of amides is 1. The van der Waals surface area contributed by atoms with E-state index in [9.17, 15) is 43.8 Å². The first kappa shape index (κ1) is 46.9. The number of ether oxygens (including phenoxy) is 4. The number of ketones is 2. The molecule has 5 N–H and O–H groups in total. The van der Waals surface area contributed by atoms with Crippen LogP contribution >= 0.6 is 0 Å². The number of carboxylic acid groups (broad SMARTS) is 1. The number of fused-ring (bicyclic) bond motifs is 6. The van der Waals surface area contributed by atoms with Crippen molar-refractivity contribution in [1.29, 1.82) is 0 Å². The van der Waals surface area contributed by atoms with Gasteiger partial charge in [-0.2, -0.15) is 0 Å². The summed E-state index contributed by atoms with van der Waals surface area (Å²) in [7, 11) is 1.34. The Bertz CT molecular complexity index is 2500. The number of nitrogens with zero attached hydrogens (tertiary/aromatic N) is 3. The van der Waals surface area contributed by atoms with Gasteiger partial charge in [0, 0.05) is 61.1 Å². The molecule has 0 radical (unpaired) electrons. The third kappa shape index (κ3) is 7.95. The summed E-state index contributed by atoms with van der Waals surface area (Å²) in [5.74, 6) is -5.15. The van der Waals surface area contributed by atoms with E-state index in [-0.39, 0.29) is 97.2 Å². The molecule has 0 spiro atoms. The van der Waals surface area contributed by atoms with Crippen LogP contribution in [0.1, 0.15) is 95.0 Å². The van der Waals surface area contributed by atoms with E-state index in [0.717, 1.165) is 11.6 Å². The van der Waals surface area contributed by atoms with Gasteiger partial charge in [-0.3, -0.25) is 24.0 Å². The standard InChI is InChI=1S/C47H57FN4O14/c1-24-20-50(15-16-51(24)44(61)66-23-65-36(56)10-9-33(49)42(58)59)39-32(48)18-29-38(41(39)63-4)52(26-6-7-26)21-30(40(29)57)43(60)64-22-35(55)47(62)14-12-31-28-8-5-25-17-27(53)11-13-45(25,2)37(28)34(54)19-46(31,47)3/h11,13,17-18,21,24,26,28,31,33-34,37,54,62H,5-10,12,14-16,19-20,22-23,49H2,1-4H3,(H,58,59)/t24?,28-,31-,33?,34-,37+,45-,46-,47-/m1/s1. The zero-order valence-electron chi connectivity index (χ0n) is 37.5. The second-order valence-corrected chi connectivity index (χ2v) is 19.3. The number of carboxylic acids is 1. The van der Waals surface area contributed by atoms with E-state index in [4.69, 9.17) is 29.8 Å². The molecule has 1 aromatic carbocycles. The molecule has 2 heterocycles. The van der Waals surface area contributed by atoms with Gasteiger partial charge < -0.3 is 54.4 Å². The molecular formula is C47H57FN4O14. The summed E-state index contributed by atoms with van der Waals surface area (Å²) in [6, 6.07) is -0.917. The molecule has 18 nitrogen and oxygen atoms in total. The van der Waals surface area contributed by atoms with Gasteiger partial charge in [0.1, 0.15) is 22.9 Å². The van der Waals surface area contributed by atoms with Crippen molar-refractivity contribution in [2.24, 2.45) is 34.3 Å². The van der Waals surface area contributed by atoms with Crippen LogP contribution in [0.5, 0.6) is 5.75 Å². The number of methoxy groups -OCH3 is 1. The molecule has 5 fully saturated rings. The number of allylic oxidation sites excluding steroid dienone is 4. The molecule has 6 aliphatic rings. The van der Waals surface area contributed by atoms with E-state index in [2.05, 4.69) is 0 Å². The smallest absolute Gasteiger partial charge is 0.413 e. The number of piperazine rings is 1. The molecule has 2 unspecified atom stereocenters. The third-order valence-electron chi connectivity index (χ3n) is 15.6. The summed E-state index contributed by atoms with van der Waals surface area (Å²) in [6.45, 7) is 4.31. The number of aliphatic hydroxyl groups is 2. The lowest BCUT2D eigenvalue weighted by Crippen LogP contribution is -2.61. The van der Waals surface area contributed by atoms with Crippen molar-refractivity contribution >= 4 is 52.2 Å². The Balaban J connectivity index is 0.959. The molecule has 4 saturated carbocycles. The first-order valence-electron chi connectivity index (χ1n) is 22.6. The molecule has 1 aliphatic heterocycles. The van der Waals surface area contributed by atoms with Crippen LogP contribution in [0.3, 0.4) is 0 Å². The highest BCUT2D eigenvalue weighted by Gasteiger charge is 2.68. The Morgan fingerprint density at radius 2 is 1.79 bits per heavy atom. The van der Waals surface area contributed by atoms with Crippen molar-refractivity contribution in [3.05, 3.63) is 57.7 Å². The Kier molecular flexibility index (Phi) is 12.4. The number of benzene rings is 1. The normalized spacial score (nSPS) is 30.7. The van der Waals surface area contributed by atoms with Gasteiger partial charge in [-0.05, 0) is 88.3 Å². The first-order valence-corrected chi connectivity index (χ1v) is 22.6. The maximum Gasteiger partial charge on any atom is 0.413 e. The van der Waals surface area contributed by atoms with Gasteiger partial charge in [0.2, 0.25) is 18.0 Å². The van der Waals surface area contributed by atoms with Crippen LogP contribution in [-0.4, -0.2) is 124 Å². The molecule has 8 rings (SSSR count). The first-order chi connectivity index (χ1) is 31.2. The fraction of sp³-hybridized carbons (Fsp3) is 0.596. The minimum absolute atomic E-state index is 0.0341. The fourth-order valence-corrected chi connectivity index (χ4v) is 12.0. The van der Waals surface area contributed by atoms with E-state index in [1.54, 1.807) is 28.5 Å². The Labute approximate surface area is 379 Å². The number of carbonyl (C=O) groups is 6. The van der Waals surface area contributed by atoms with Crippen molar-refractivity contribution in [1.82, 2.24) is 9.47 Å². The predicted molar refractivity (Wildman–Crippen MR) is 232 cm³/mol. The van der Waals surface area contributed by atoms with Crippen LogP contribution in [0, 0.1) is 34.4 Å².